The van der Waals surface area contributed by atoms with Gasteiger partial charge < -0.3 is 26.2 Å². The Kier molecular flexibility index (Phi) is 6.60. The van der Waals surface area contributed by atoms with E-state index in [1.807, 2.05) is 6.92 Å². The van der Waals surface area contributed by atoms with Gasteiger partial charge in [0.15, 0.2) is 5.78 Å². The lowest BCUT2D eigenvalue weighted by molar-refractivity contribution is -0.180. The Morgan fingerprint density at radius 2 is 1.88 bits per heavy atom. The van der Waals surface area contributed by atoms with Gasteiger partial charge >= 0.3 is 0 Å². The van der Waals surface area contributed by atoms with Gasteiger partial charge in [0, 0.05) is 29.5 Å². The van der Waals surface area contributed by atoms with Crippen molar-refractivity contribution in [2.24, 2.45) is 34.5 Å². The lowest BCUT2D eigenvalue weighted by Crippen LogP contribution is -2.62. The Balaban J connectivity index is 0.000000291. The molecule has 8 atom stereocenters. The predicted molar refractivity (Wildman–Crippen MR) is 128 cm³/mol. The second kappa shape index (κ2) is 8.92. The van der Waals surface area contributed by atoms with Crippen molar-refractivity contribution < 1.29 is 30.0 Å². The Morgan fingerprint density at radius 3 is 2.50 bits per heavy atom. The largest absolute Gasteiger partial charge is 0.508 e. The van der Waals surface area contributed by atoms with E-state index < -0.39 is 23.4 Å². The number of benzene rings is 1. The highest BCUT2D eigenvalue weighted by Crippen LogP contribution is 2.67. The number of phenolic OH excluding ortho intramolecular Hbond substituents is 1. The summed E-state index contributed by atoms with van der Waals surface area (Å²) in [6.07, 6.45) is 5.47. The lowest BCUT2D eigenvalue weighted by atomic mass is 9.44. The molecule has 0 amide bonds. The molecule has 0 aromatic heterocycles. The molecule has 1 aromatic carbocycles. The van der Waals surface area contributed by atoms with Crippen molar-refractivity contribution in [1.82, 2.24) is 0 Å². The number of phenols is 1. The average molecular weight is 474 g/mol. The van der Waals surface area contributed by atoms with Gasteiger partial charge in [0.2, 0.25) is 0 Å². The first-order valence-electron chi connectivity index (χ1n) is 12.6. The summed E-state index contributed by atoms with van der Waals surface area (Å²) in [5.74, 6) is 0.593. The molecule has 34 heavy (non-hydrogen) atoms. The fraction of sp³-hybridized carbons (Fsp3) is 0.704. The number of nitrogen functional groups attached to an aromatic ring is 1. The van der Waals surface area contributed by atoms with Gasteiger partial charge in [-0.05, 0) is 80.2 Å². The lowest BCUT2D eigenvalue weighted by Gasteiger charge is -2.60. The summed E-state index contributed by atoms with van der Waals surface area (Å²) in [6, 6.07) is 6.50. The average Bonchev–Trinajstić information content (AvgIpc) is 3.05. The molecule has 6 N–H and O–H groups in total. The summed E-state index contributed by atoms with van der Waals surface area (Å²) in [5.41, 5.74) is 3.48. The van der Waals surface area contributed by atoms with Crippen LogP contribution in [0.15, 0.2) is 24.3 Å². The zero-order chi connectivity index (χ0) is 24.9. The van der Waals surface area contributed by atoms with Gasteiger partial charge in [0.25, 0.3) is 0 Å². The molecule has 0 unspecified atom stereocenters. The number of aliphatic hydroxyl groups is 3. The number of aromatic hydroxyl groups is 1. The second-order valence-electron chi connectivity index (χ2n) is 11.6. The van der Waals surface area contributed by atoms with E-state index in [1.54, 1.807) is 18.2 Å². The normalized spacial score (nSPS) is 43.1. The maximum Gasteiger partial charge on any atom is 0.190 e. The topological polar surface area (TPSA) is 141 Å². The molecule has 4 fully saturated rings. The van der Waals surface area contributed by atoms with Crippen LogP contribution in [0, 0.1) is 34.5 Å². The van der Waals surface area contributed by atoms with Crippen LogP contribution in [0.4, 0.5) is 5.69 Å². The third-order valence-corrected chi connectivity index (χ3v) is 9.95. The van der Waals surface area contributed by atoms with E-state index >= 15 is 0 Å². The maximum atomic E-state index is 13.4. The van der Waals surface area contributed by atoms with Gasteiger partial charge in [-0.15, -0.1) is 0 Å². The van der Waals surface area contributed by atoms with E-state index in [2.05, 4.69) is 6.92 Å². The molecule has 4 saturated carbocycles. The van der Waals surface area contributed by atoms with E-state index in [0.29, 0.717) is 18.0 Å². The molecule has 0 saturated heterocycles. The summed E-state index contributed by atoms with van der Waals surface area (Å²) in [7, 11) is 0. The van der Waals surface area contributed by atoms with Gasteiger partial charge in [-0.25, -0.2) is 0 Å². The quantitative estimate of drug-likeness (QED) is 0.416. The van der Waals surface area contributed by atoms with Gasteiger partial charge in [0.1, 0.15) is 23.7 Å². The number of fused-ring (bicyclic) bond motifs is 5. The van der Waals surface area contributed by atoms with Crippen LogP contribution in [0.5, 0.6) is 5.75 Å². The highest BCUT2D eigenvalue weighted by atomic mass is 16.3. The first kappa shape index (κ1) is 25.1. The van der Waals surface area contributed by atoms with E-state index in [0.717, 1.165) is 38.5 Å². The number of anilines is 1. The summed E-state index contributed by atoms with van der Waals surface area (Å²) in [5, 5.41) is 39.4. The number of carbonyl (C=O) groups excluding carboxylic acids is 2. The molecule has 0 heterocycles. The molecule has 0 radical (unpaired) electrons. The molecule has 7 nitrogen and oxygen atoms in total. The molecule has 1 aromatic rings. The Morgan fingerprint density at radius 1 is 1.15 bits per heavy atom. The molecule has 0 spiro atoms. The third-order valence-electron chi connectivity index (χ3n) is 9.95. The monoisotopic (exact) mass is 473 g/mol. The molecule has 188 valence electrons. The zero-order valence-corrected chi connectivity index (χ0v) is 20.2. The summed E-state index contributed by atoms with van der Waals surface area (Å²) < 4.78 is 0. The fourth-order valence-corrected chi connectivity index (χ4v) is 8.17. The highest BCUT2D eigenvalue weighted by Gasteiger charge is 2.68. The SMILES string of the molecule is C[C@]12CC[C@@H](O)C[C@H]1CC[C@@H]1[C@@H]2C(=O)C[C@@]2(C)[C@H]1CC[C@]2(O)C(=O)CO.Nc1cccc(O)c1. The third kappa shape index (κ3) is 3.86. The van der Waals surface area contributed by atoms with Crippen molar-refractivity contribution in [3.05, 3.63) is 24.3 Å². The standard InChI is InChI=1S/C21H32O5.C6H7NO/c1-19-7-5-13(23)9-12(19)3-4-14-15-6-8-21(26,17(25)11-22)20(15,2)10-16(24)18(14)19;7-5-2-1-3-6(8)4-5/h12-15,18,22-23,26H,3-11H2,1-2H3;1-4,8H,7H2/t12-,13-,14+,15+,18-,19+,20+,21+;/m1./s1. The number of Topliss-reactive ketones (excluding diaryl/α,β-unsaturated/α-hetero) is 2. The second-order valence-corrected chi connectivity index (χ2v) is 11.6. The van der Waals surface area contributed by atoms with Crippen molar-refractivity contribution in [3.63, 3.8) is 0 Å². The minimum Gasteiger partial charge on any atom is -0.508 e. The number of ketones is 2. The Bertz CT molecular complexity index is 934. The minimum absolute atomic E-state index is 0.0154. The summed E-state index contributed by atoms with van der Waals surface area (Å²) in [6.45, 7) is 3.46. The van der Waals surface area contributed by atoms with Crippen molar-refractivity contribution in [3.8, 4) is 5.75 Å². The van der Waals surface area contributed by atoms with Crippen LogP contribution in [-0.4, -0.2) is 50.3 Å². The maximum absolute atomic E-state index is 13.4. The van der Waals surface area contributed by atoms with E-state index in [4.69, 9.17) is 10.8 Å². The first-order valence-corrected chi connectivity index (χ1v) is 12.6. The molecule has 7 heteroatoms. The van der Waals surface area contributed by atoms with Crippen molar-refractivity contribution in [2.75, 3.05) is 12.3 Å². The van der Waals surface area contributed by atoms with Crippen molar-refractivity contribution in [2.45, 2.75) is 76.9 Å². The van der Waals surface area contributed by atoms with Crippen molar-refractivity contribution >= 4 is 17.3 Å². The van der Waals surface area contributed by atoms with Crippen LogP contribution in [-0.2, 0) is 9.59 Å². The van der Waals surface area contributed by atoms with Gasteiger partial charge in [-0.1, -0.05) is 19.9 Å². The molecule has 5 rings (SSSR count). The van der Waals surface area contributed by atoms with Gasteiger partial charge in [-0.2, -0.15) is 0 Å². The zero-order valence-electron chi connectivity index (χ0n) is 20.2. The predicted octanol–water partition coefficient (Wildman–Crippen LogP) is 2.84. The molecular weight excluding hydrogens is 434 g/mol. The van der Waals surface area contributed by atoms with E-state index in [9.17, 15) is 24.9 Å². The molecule has 0 bridgehead atoms. The number of rotatable bonds is 2. The fourth-order valence-electron chi connectivity index (χ4n) is 8.17. The number of carbonyl (C=O) groups is 2. The smallest absolute Gasteiger partial charge is 0.190 e. The summed E-state index contributed by atoms with van der Waals surface area (Å²) in [4.78, 5) is 25.7. The number of hydrogen-bond donors (Lipinski definition) is 5. The van der Waals surface area contributed by atoms with Crippen LogP contribution in [0.1, 0.15) is 65.2 Å². The van der Waals surface area contributed by atoms with E-state index in [1.165, 1.54) is 6.07 Å². The van der Waals surface area contributed by atoms with Crippen LogP contribution < -0.4 is 5.73 Å². The number of aliphatic hydroxyl groups excluding tert-OH is 2. The molecular formula is C27H39NO6. The highest BCUT2D eigenvalue weighted by molar-refractivity contribution is 5.92. The van der Waals surface area contributed by atoms with Crippen LogP contribution in [0.25, 0.3) is 0 Å². The molecule has 0 aliphatic heterocycles. The Hall–Kier alpha value is -1.96. The van der Waals surface area contributed by atoms with Crippen LogP contribution in [0.2, 0.25) is 0 Å². The van der Waals surface area contributed by atoms with E-state index in [-0.39, 0.29) is 47.2 Å². The number of nitrogens with two attached hydrogens (primary N) is 1. The summed E-state index contributed by atoms with van der Waals surface area (Å²) >= 11 is 0. The van der Waals surface area contributed by atoms with Gasteiger partial charge in [0.05, 0.1) is 6.10 Å². The molecule has 4 aliphatic carbocycles. The van der Waals surface area contributed by atoms with Crippen LogP contribution >= 0.6 is 0 Å². The van der Waals surface area contributed by atoms with Gasteiger partial charge in [-0.3, -0.25) is 9.59 Å². The Labute approximate surface area is 201 Å². The van der Waals surface area contributed by atoms with Crippen molar-refractivity contribution in [1.29, 1.82) is 0 Å². The number of hydrogen-bond acceptors (Lipinski definition) is 7. The van der Waals surface area contributed by atoms with Crippen LogP contribution in [0.3, 0.4) is 0 Å². The first-order chi connectivity index (χ1) is 16.0. The molecule has 4 aliphatic rings. The minimum atomic E-state index is -1.58.